The number of hydrogen-bond acceptors (Lipinski definition) is 4. The maximum Gasteiger partial charge on any atom is 0.269 e. The number of hydrogen-bond donors (Lipinski definition) is 0. The van der Waals surface area contributed by atoms with E-state index >= 15 is 0 Å². The monoisotopic (exact) mass is 263 g/mol. The second-order valence-corrected chi connectivity index (χ2v) is 5.56. The molecule has 0 N–H and O–H groups in total. The molecule has 2 aliphatic heterocycles. The van der Waals surface area contributed by atoms with Gasteiger partial charge in [-0.05, 0) is 13.0 Å². The van der Waals surface area contributed by atoms with Crippen LogP contribution in [-0.2, 0) is 4.79 Å². The van der Waals surface area contributed by atoms with E-state index in [0.29, 0.717) is 23.5 Å². The number of ketones is 1. The van der Waals surface area contributed by atoms with Crippen LogP contribution in [0.4, 0.5) is 5.69 Å². The van der Waals surface area contributed by atoms with Crippen LogP contribution >= 0.6 is 0 Å². The summed E-state index contributed by atoms with van der Waals surface area (Å²) in [6.45, 7) is 2.90. The number of rotatable bonds is 2. The van der Waals surface area contributed by atoms with E-state index < -0.39 is 4.92 Å². The quantitative estimate of drug-likeness (QED) is 0.462. The van der Waals surface area contributed by atoms with Crippen molar-refractivity contribution in [1.29, 1.82) is 0 Å². The number of hydroxylamine groups is 3. The fraction of sp³-hybridized carbons (Fsp3) is 0.462. The molecule has 100 valence electrons. The molecule has 3 atom stereocenters. The van der Waals surface area contributed by atoms with E-state index in [1.807, 2.05) is 7.05 Å². The number of quaternary nitrogens is 1. The van der Waals surface area contributed by atoms with Gasteiger partial charge in [-0.1, -0.05) is 0 Å². The van der Waals surface area contributed by atoms with Crippen LogP contribution in [0.25, 0.3) is 0 Å². The summed E-state index contributed by atoms with van der Waals surface area (Å²) in [7, 11) is 1.94. The van der Waals surface area contributed by atoms with Gasteiger partial charge in [0.2, 0.25) is 0 Å². The van der Waals surface area contributed by atoms with Crippen molar-refractivity contribution in [3.63, 3.8) is 0 Å². The van der Waals surface area contributed by atoms with Gasteiger partial charge in [0.15, 0.2) is 5.75 Å². The zero-order valence-electron chi connectivity index (χ0n) is 10.8. The first-order valence-corrected chi connectivity index (χ1v) is 6.22. The number of non-ortho nitro benzene ring substituents is 1. The highest BCUT2D eigenvalue weighted by Crippen LogP contribution is 2.46. The third-order valence-electron chi connectivity index (χ3n) is 4.10. The number of nitro benzene ring substituents is 1. The average Bonchev–Trinajstić information content (AvgIpc) is 2.62. The predicted molar refractivity (Wildman–Crippen MR) is 66.6 cm³/mol. The summed E-state index contributed by atoms with van der Waals surface area (Å²) >= 11 is 0. The van der Waals surface area contributed by atoms with E-state index in [1.165, 1.54) is 6.07 Å². The Kier molecular flexibility index (Phi) is 2.40. The van der Waals surface area contributed by atoms with Crippen molar-refractivity contribution in [1.82, 2.24) is 0 Å². The summed E-state index contributed by atoms with van der Waals surface area (Å²) in [4.78, 5) is 28.1. The van der Waals surface area contributed by atoms with Crippen LogP contribution in [0.3, 0.4) is 0 Å². The number of likely N-dealkylation sites (N-methyl/N-ethyl adjacent to an activating group) is 1. The van der Waals surface area contributed by atoms with Gasteiger partial charge in [-0.15, -0.1) is 4.65 Å². The van der Waals surface area contributed by atoms with E-state index in [0.717, 1.165) is 5.56 Å². The van der Waals surface area contributed by atoms with Crippen LogP contribution in [0.5, 0.6) is 5.75 Å². The van der Waals surface area contributed by atoms with Gasteiger partial charge in [0.05, 0.1) is 16.8 Å². The van der Waals surface area contributed by atoms with Gasteiger partial charge in [0.1, 0.15) is 25.9 Å². The smallest absolute Gasteiger partial charge is 0.269 e. The van der Waals surface area contributed by atoms with Gasteiger partial charge in [-0.25, -0.2) is 0 Å². The molecule has 0 aromatic heterocycles. The third-order valence-corrected chi connectivity index (χ3v) is 4.10. The van der Waals surface area contributed by atoms with Gasteiger partial charge in [-0.2, -0.15) is 0 Å². The number of fused-ring (bicyclic) bond motifs is 4. The maximum atomic E-state index is 11.8. The minimum absolute atomic E-state index is 0.0196. The molecule has 2 bridgehead atoms. The molecular formula is C13H15N2O4+. The van der Waals surface area contributed by atoms with Crippen molar-refractivity contribution < 1.29 is 19.2 Å². The first-order chi connectivity index (χ1) is 8.89. The normalized spacial score (nSPS) is 31.5. The number of carbonyl (C=O) groups is 1. The molecule has 0 saturated carbocycles. The fourth-order valence-corrected chi connectivity index (χ4v) is 3.22. The van der Waals surface area contributed by atoms with Crippen LogP contribution in [-0.4, -0.2) is 35.5 Å². The van der Waals surface area contributed by atoms with Crippen LogP contribution in [0.2, 0.25) is 0 Å². The van der Waals surface area contributed by atoms with Gasteiger partial charge in [0, 0.05) is 17.7 Å². The molecule has 3 rings (SSSR count). The van der Waals surface area contributed by atoms with Crippen molar-refractivity contribution >= 4 is 11.5 Å². The van der Waals surface area contributed by atoms with E-state index in [1.54, 1.807) is 19.1 Å². The average molecular weight is 263 g/mol. The molecule has 0 spiro atoms. The fourth-order valence-electron chi connectivity index (χ4n) is 3.22. The zero-order valence-corrected chi connectivity index (χ0v) is 10.8. The summed E-state index contributed by atoms with van der Waals surface area (Å²) in [5.74, 6) is 0.683. The molecule has 1 fully saturated rings. The van der Waals surface area contributed by atoms with Gasteiger partial charge >= 0.3 is 0 Å². The molecule has 0 aliphatic carbocycles. The lowest BCUT2D eigenvalue weighted by Crippen LogP contribution is -2.47. The summed E-state index contributed by atoms with van der Waals surface area (Å²) in [5, 5.41) is 10.9. The van der Waals surface area contributed by atoms with E-state index in [4.69, 9.17) is 4.84 Å². The molecule has 0 amide bonds. The van der Waals surface area contributed by atoms with Crippen molar-refractivity contribution in [3.8, 4) is 5.75 Å². The lowest BCUT2D eigenvalue weighted by atomic mass is 9.86. The van der Waals surface area contributed by atoms with Crippen LogP contribution in [0.1, 0.15) is 18.4 Å². The molecule has 2 aliphatic rings. The molecule has 6 nitrogen and oxygen atoms in total. The molecule has 1 aromatic carbocycles. The molecule has 2 heterocycles. The number of nitrogens with zero attached hydrogens (tertiary/aromatic N) is 2. The SMILES string of the molecule is CC(=O)C1C[N+]2(C)CC1c1cc([N+](=O)[O-])ccc1O2. The summed E-state index contributed by atoms with van der Waals surface area (Å²) in [6, 6.07) is 4.63. The Hall–Kier alpha value is -1.95. The number of Topliss-reactive ketones (excluding diaryl/α,β-unsaturated/α-hetero) is 1. The lowest BCUT2D eigenvalue weighted by molar-refractivity contribution is -1.06. The Morgan fingerprint density at radius 3 is 2.84 bits per heavy atom. The van der Waals surface area contributed by atoms with E-state index in [-0.39, 0.29) is 23.3 Å². The second-order valence-electron chi connectivity index (χ2n) is 5.56. The Balaban J connectivity index is 2.10. The topological polar surface area (TPSA) is 69.4 Å². The number of carbonyl (C=O) groups excluding carboxylic acids is 1. The van der Waals surface area contributed by atoms with Crippen LogP contribution in [0, 0.1) is 16.0 Å². The minimum atomic E-state index is -0.416. The predicted octanol–water partition coefficient (Wildman–Crippen LogP) is 1.65. The summed E-state index contributed by atoms with van der Waals surface area (Å²) in [6.07, 6.45) is 0. The Morgan fingerprint density at radius 2 is 2.21 bits per heavy atom. The first kappa shape index (κ1) is 12.1. The number of benzene rings is 1. The van der Waals surface area contributed by atoms with E-state index in [2.05, 4.69) is 0 Å². The molecular weight excluding hydrogens is 248 g/mol. The standard InChI is InChI=1S/C13H15N2O4/c1-8(16)11-6-15(2)7-12(11)10-5-9(14(17)18)3-4-13(10)19-15/h3-5,11-12H,6-7H2,1-2H3/q+1. The van der Waals surface area contributed by atoms with Gasteiger partial charge < -0.3 is 4.84 Å². The molecule has 1 aromatic rings. The molecule has 6 heteroatoms. The highest BCUT2D eigenvalue weighted by molar-refractivity contribution is 5.80. The van der Waals surface area contributed by atoms with Gasteiger partial charge in [0.25, 0.3) is 5.69 Å². The molecule has 19 heavy (non-hydrogen) atoms. The summed E-state index contributed by atoms with van der Waals surface area (Å²) in [5.41, 5.74) is 0.843. The van der Waals surface area contributed by atoms with Crippen molar-refractivity contribution in [2.24, 2.45) is 5.92 Å². The molecule has 1 saturated heterocycles. The zero-order chi connectivity index (χ0) is 13.8. The molecule has 3 unspecified atom stereocenters. The minimum Gasteiger partial charge on any atom is -0.315 e. The van der Waals surface area contributed by atoms with Crippen molar-refractivity contribution in [2.75, 3.05) is 20.1 Å². The van der Waals surface area contributed by atoms with Crippen LogP contribution < -0.4 is 4.84 Å². The third kappa shape index (κ3) is 1.79. The first-order valence-electron chi connectivity index (χ1n) is 6.22. The molecule has 0 radical (unpaired) electrons. The highest BCUT2D eigenvalue weighted by Gasteiger charge is 2.52. The highest BCUT2D eigenvalue weighted by atomic mass is 16.7. The van der Waals surface area contributed by atoms with Crippen LogP contribution in [0.15, 0.2) is 18.2 Å². The Labute approximate surface area is 110 Å². The van der Waals surface area contributed by atoms with Crippen molar-refractivity contribution in [3.05, 3.63) is 33.9 Å². The number of nitro groups is 1. The maximum absolute atomic E-state index is 11.8. The largest absolute Gasteiger partial charge is 0.315 e. The van der Waals surface area contributed by atoms with E-state index in [9.17, 15) is 14.9 Å². The second kappa shape index (κ2) is 3.77. The summed E-state index contributed by atoms with van der Waals surface area (Å²) < 4.78 is 0.375. The lowest BCUT2D eigenvalue weighted by Gasteiger charge is -2.31. The Morgan fingerprint density at radius 1 is 1.47 bits per heavy atom. The van der Waals surface area contributed by atoms with Crippen molar-refractivity contribution in [2.45, 2.75) is 12.8 Å². The Bertz CT molecular complexity index is 586. The van der Waals surface area contributed by atoms with Gasteiger partial charge in [-0.3, -0.25) is 14.9 Å².